The van der Waals surface area contributed by atoms with Crippen molar-refractivity contribution in [2.45, 2.75) is 25.7 Å². The SMILES string of the molecule is CN1CCCC(CNc2nc(CCC(=O)O)cs2)C1. The van der Waals surface area contributed by atoms with Crippen LogP contribution in [0.3, 0.4) is 0 Å². The van der Waals surface area contributed by atoms with Gasteiger partial charge in [-0.1, -0.05) is 0 Å². The van der Waals surface area contributed by atoms with E-state index in [0.29, 0.717) is 12.3 Å². The Bertz CT molecular complexity index is 422. The average molecular weight is 283 g/mol. The Morgan fingerprint density at radius 2 is 2.53 bits per heavy atom. The Kier molecular flexibility index (Phi) is 5.15. The van der Waals surface area contributed by atoms with E-state index < -0.39 is 5.97 Å². The number of piperidine rings is 1. The Morgan fingerprint density at radius 3 is 3.26 bits per heavy atom. The molecule has 106 valence electrons. The fourth-order valence-corrected chi connectivity index (χ4v) is 3.16. The molecule has 6 heteroatoms. The first-order valence-electron chi connectivity index (χ1n) is 6.72. The highest BCUT2D eigenvalue weighted by molar-refractivity contribution is 7.13. The molecule has 1 aliphatic heterocycles. The molecule has 19 heavy (non-hydrogen) atoms. The van der Waals surface area contributed by atoms with Gasteiger partial charge in [-0.25, -0.2) is 4.98 Å². The number of carboxylic acids is 1. The van der Waals surface area contributed by atoms with Crippen LogP contribution in [0.2, 0.25) is 0 Å². The third-order valence-corrected chi connectivity index (χ3v) is 4.26. The molecule has 1 saturated heterocycles. The van der Waals surface area contributed by atoms with Gasteiger partial charge in [-0.05, 0) is 32.4 Å². The third-order valence-electron chi connectivity index (χ3n) is 3.41. The smallest absolute Gasteiger partial charge is 0.303 e. The largest absolute Gasteiger partial charge is 0.481 e. The molecule has 1 aromatic heterocycles. The summed E-state index contributed by atoms with van der Waals surface area (Å²) in [5.41, 5.74) is 0.871. The van der Waals surface area contributed by atoms with Crippen LogP contribution in [0.5, 0.6) is 0 Å². The van der Waals surface area contributed by atoms with E-state index in [1.54, 1.807) is 11.3 Å². The molecule has 2 N–H and O–H groups in total. The summed E-state index contributed by atoms with van der Waals surface area (Å²) in [4.78, 5) is 17.3. The first kappa shape index (κ1) is 14.3. The monoisotopic (exact) mass is 283 g/mol. The van der Waals surface area contributed by atoms with Crippen molar-refractivity contribution < 1.29 is 9.90 Å². The number of thiazole rings is 1. The zero-order chi connectivity index (χ0) is 13.7. The predicted octanol–water partition coefficient (Wildman–Crippen LogP) is 1.91. The molecule has 0 spiro atoms. The van der Waals surface area contributed by atoms with Gasteiger partial charge >= 0.3 is 5.97 Å². The van der Waals surface area contributed by atoms with E-state index in [4.69, 9.17) is 5.11 Å². The van der Waals surface area contributed by atoms with Gasteiger partial charge in [-0.2, -0.15) is 0 Å². The van der Waals surface area contributed by atoms with Crippen LogP contribution in [0.25, 0.3) is 0 Å². The minimum absolute atomic E-state index is 0.149. The molecule has 0 aromatic carbocycles. The molecule has 2 rings (SSSR count). The van der Waals surface area contributed by atoms with Gasteiger partial charge in [0, 0.05) is 24.9 Å². The van der Waals surface area contributed by atoms with Crippen LogP contribution < -0.4 is 5.32 Å². The van der Waals surface area contributed by atoms with E-state index in [9.17, 15) is 4.79 Å². The van der Waals surface area contributed by atoms with Gasteiger partial charge in [0.1, 0.15) is 0 Å². The summed E-state index contributed by atoms with van der Waals surface area (Å²) < 4.78 is 0. The summed E-state index contributed by atoms with van der Waals surface area (Å²) in [7, 11) is 2.17. The van der Waals surface area contributed by atoms with Crippen molar-refractivity contribution in [3.63, 3.8) is 0 Å². The maximum absolute atomic E-state index is 10.5. The number of hydrogen-bond donors (Lipinski definition) is 2. The molecule has 0 radical (unpaired) electrons. The first-order valence-corrected chi connectivity index (χ1v) is 7.60. The lowest BCUT2D eigenvalue weighted by atomic mass is 9.99. The van der Waals surface area contributed by atoms with Gasteiger partial charge in [0.15, 0.2) is 5.13 Å². The minimum Gasteiger partial charge on any atom is -0.481 e. The molecule has 0 bridgehead atoms. The molecular weight excluding hydrogens is 262 g/mol. The number of hydrogen-bond acceptors (Lipinski definition) is 5. The zero-order valence-corrected chi connectivity index (χ0v) is 12.1. The number of aliphatic carboxylic acids is 1. The van der Waals surface area contributed by atoms with Crippen LogP contribution in [-0.2, 0) is 11.2 Å². The molecule has 0 saturated carbocycles. The maximum Gasteiger partial charge on any atom is 0.303 e. The molecule has 0 aliphatic carbocycles. The standard InChI is InChI=1S/C13H21N3O2S/c1-16-6-2-3-10(8-16)7-14-13-15-11(9-19-13)4-5-12(17)18/h9-10H,2-8H2,1H3,(H,14,15)(H,17,18). The molecule has 5 nitrogen and oxygen atoms in total. The van der Waals surface area contributed by atoms with Gasteiger partial charge in [-0.15, -0.1) is 11.3 Å². The normalized spacial score (nSPS) is 20.4. The third kappa shape index (κ3) is 4.80. The maximum atomic E-state index is 10.5. The lowest BCUT2D eigenvalue weighted by Gasteiger charge is -2.29. The van der Waals surface area contributed by atoms with Gasteiger partial charge < -0.3 is 15.3 Å². The van der Waals surface area contributed by atoms with Gasteiger partial charge in [0.05, 0.1) is 12.1 Å². The van der Waals surface area contributed by atoms with Crippen molar-refractivity contribution in [1.29, 1.82) is 0 Å². The van der Waals surface area contributed by atoms with Gasteiger partial charge in [-0.3, -0.25) is 4.79 Å². The minimum atomic E-state index is -0.771. The fraction of sp³-hybridized carbons (Fsp3) is 0.692. The lowest BCUT2D eigenvalue weighted by Crippen LogP contribution is -2.35. The van der Waals surface area contributed by atoms with Crippen molar-refractivity contribution in [1.82, 2.24) is 9.88 Å². The van der Waals surface area contributed by atoms with Crippen LogP contribution >= 0.6 is 11.3 Å². The van der Waals surface area contributed by atoms with Crippen molar-refractivity contribution in [3.8, 4) is 0 Å². The van der Waals surface area contributed by atoms with E-state index in [0.717, 1.165) is 23.9 Å². The van der Waals surface area contributed by atoms with Crippen LogP contribution in [0.4, 0.5) is 5.13 Å². The van der Waals surface area contributed by atoms with E-state index in [-0.39, 0.29) is 6.42 Å². The van der Waals surface area contributed by atoms with Crippen LogP contribution in [0.1, 0.15) is 25.0 Å². The van der Waals surface area contributed by atoms with Crippen molar-refractivity contribution in [2.24, 2.45) is 5.92 Å². The number of aryl methyl sites for hydroxylation is 1. The van der Waals surface area contributed by atoms with Crippen LogP contribution in [-0.4, -0.2) is 47.6 Å². The number of carbonyl (C=O) groups is 1. The fourth-order valence-electron chi connectivity index (χ4n) is 2.41. The molecule has 1 aromatic rings. The van der Waals surface area contributed by atoms with Crippen molar-refractivity contribution in [3.05, 3.63) is 11.1 Å². The number of likely N-dealkylation sites (tertiary alicyclic amines) is 1. The van der Waals surface area contributed by atoms with E-state index in [2.05, 4.69) is 22.2 Å². The highest BCUT2D eigenvalue weighted by atomic mass is 32.1. The number of nitrogens with zero attached hydrogens (tertiary/aromatic N) is 2. The van der Waals surface area contributed by atoms with E-state index in [1.807, 2.05) is 5.38 Å². The average Bonchev–Trinajstić information content (AvgIpc) is 2.82. The summed E-state index contributed by atoms with van der Waals surface area (Å²) in [6.45, 7) is 3.30. The number of aromatic nitrogens is 1. The number of rotatable bonds is 6. The highest BCUT2D eigenvalue weighted by Gasteiger charge is 2.17. The molecule has 1 unspecified atom stereocenters. The Balaban J connectivity index is 1.75. The number of anilines is 1. The zero-order valence-electron chi connectivity index (χ0n) is 11.3. The van der Waals surface area contributed by atoms with E-state index in [1.165, 1.54) is 19.4 Å². The summed E-state index contributed by atoms with van der Waals surface area (Å²) in [6.07, 6.45) is 3.20. The summed E-state index contributed by atoms with van der Waals surface area (Å²) >= 11 is 1.56. The Labute approximate surface area is 117 Å². The predicted molar refractivity (Wildman–Crippen MR) is 76.8 cm³/mol. The van der Waals surface area contributed by atoms with E-state index >= 15 is 0 Å². The van der Waals surface area contributed by atoms with Gasteiger partial charge in [0.2, 0.25) is 0 Å². The second-order valence-electron chi connectivity index (χ2n) is 5.19. The molecule has 1 aliphatic rings. The molecule has 1 fully saturated rings. The second kappa shape index (κ2) is 6.86. The van der Waals surface area contributed by atoms with Crippen molar-refractivity contribution >= 4 is 22.4 Å². The summed E-state index contributed by atoms with van der Waals surface area (Å²) in [6, 6.07) is 0. The quantitative estimate of drug-likeness (QED) is 0.835. The number of carboxylic acid groups (broad SMARTS) is 1. The second-order valence-corrected chi connectivity index (χ2v) is 6.05. The first-order chi connectivity index (χ1) is 9.13. The molecular formula is C13H21N3O2S. The van der Waals surface area contributed by atoms with Crippen molar-refractivity contribution in [2.75, 3.05) is 32.0 Å². The summed E-state index contributed by atoms with van der Waals surface area (Å²) in [5.74, 6) is -0.0853. The molecule has 2 heterocycles. The van der Waals surface area contributed by atoms with Gasteiger partial charge in [0.25, 0.3) is 0 Å². The number of nitrogens with one attached hydrogen (secondary N) is 1. The van der Waals surface area contributed by atoms with Crippen LogP contribution in [0.15, 0.2) is 5.38 Å². The topological polar surface area (TPSA) is 65.5 Å². The Hall–Kier alpha value is -1.14. The lowest BCUT2D eigenvalue weighted by molar-refractivity contribution is -0.136. The summed E-state index contributed by atoms with van der Waals surface area (Å²) in [5, 5.41) is 14.9. The Morgan fingerprint density at radius 1 is 1.68 bits per heavy atom. The molecule has 0 amide bonds. The molecule has 1 atom stereocenters. The van der Waals surface area contributed by atoms with Crippen LogP contribution in [0, 0.1) is 5.92 Å². The highest BCUT2D eigenvalue weighted by Crippen LogP contribution is 2.19.